The molecule has 0 aromatic heterocycles. The molecule has 2 aromatic carbocycles. The molecule has 2 amide bonds. The number of methoxy groups -OCH3 is 2. The number of nitrogens with zero attached hydrogens (tertiary/aromatic N) is 1. The number of rotatable bonds is 4. The van der Waals surface area contributed by atoms with E-state index in [1.165, 1.54) is 5.56 Å². The number of amides is 2. The lowest BCUT2D eigenvalue weighted by Gasteiger charge is -2.19. The number of anilines is 1. The predicted molar refractivity (Wildman–Crippen MR) is 93.9 cm³/mol. The van der Waals surface area contributed by atoms with E-state index in [1.807, 2.05) is 35.2 Å². The topological polar surface area (TPSA) is 50.8 Å². The van der Waals surface area contributed by atoms with Crippen molar-refractivity contribution < 1.29 is 14.3 Å². The number of carbonyl (C=O) groups is 1. The number of ether oxygens (including phenoxy) is 2. The number of para-hydroxylation sites is 1. The fraction of sp³-hybridized carbons (Fsp3) is 0.316. The van der Waals surface area contributed by atoms with Crippen LogP contribution in [-0.2, 0) is 0 Å². The summed E-state index contributed by atoms with van der Waals surface area (Å²) in [7, 11) is 3.14. The zero-order valence-electron chi connectivity index (χ0n) is 14.0. The highest BCUT2D eigenvalue weighted by Gasteiger charge is 2.27. The van der Waals surface area contributed by atoms with E-state index in [0.717, 1.165) is 19.5 Å². The van der Waals surface area contributed by atoms with Crippen molar-refractivity contribution in [2.75, 3.05) is 32.6 Å². The maximum absolute atomic E-state index is 12.6. The highest BCUT2D eigenvalue weighted by molar-refractivity contribution is 5.91. The molecule has 1 N–H and O–H groups in total. The Hall–Kier alpha value is -2.69. The summed E-state index contributed by atoms with van der Waals surface area (Å²) < 4.78 is 10.6. The summed E-state index contributed by atoms with van der Waals surface area (Å²) in [6.07, 6.45) is 0.979. The van der Waals surface area contributed by atoms with Gasteiger partial charge < -0.3 is 19.7 Å². The smallest absolute Gasteiger partial charge is 0.321 e. The van der Waals surface area contributed by atoms with Crippen LogP contribution in [0, 0.1) is 0 Å². The molecule has 5 heteroatoms. The van der Waals surface area contributed by atoms with Gasteiger partial charge in [-0.25, -0.2) is 4.79 Å². The summed E-state index contributed by atoms with van der Waals surface area (Å²) >= 11 is 0. The van der Waals surface area contributed by atoms with E-state index < -0.39 is 0 Å². The third kappa shape index (κ3) is 3.30. The molecule has 1 saturated heterocycles. The van der Waals surface area contributed by atoms with Crippen LogP contribution in [0.5, 0.6) is 11.5 Å². The van der Waals surface area contributed by atoms with Crippen molar-refractivity contribution in [3.63, 3.8) is 0 Å². The van der Waals surface area contributed by atoms with Crippen LogP contribution in [0.4, 0.5) is 10.5 Å². The Morgan fingerprint density at radius 2 is 1.88 bits per heavy atom. The van der Waals surface area contributed by atoms with Crippen molar-refractivity contribution in [3.05, 3.63) is 54.1 Å². The molecule has 5 nitrogen and oxygen atoms in total. The van der Waals surface area contributed by atoms with E-state index >= 15 is 0 Å². The number of hydrogen-bond acceptors (Lipinski definition) is 3. The Bertz CT molecular complexity index is 703. The monoisotopic (exact) mass is 326 g/mol. The second-order valence-electron chi connectivity index (χ2n) is 5.81. The molecule has 1 heterocycles. The highest BCUT2D eigenvalue weighted by Crippen LogP contribution is 2.35. The van der Waals surface area contributed by atoms with Gasteiger partial charge in [0.2, 0.25) is 0 Å². The molecule has 0 unspecified atom stereocenters. The molecule has 1 aliphatic heterocycles. The molecular formula is C19H22N2O3. The van der Waals surface area contributed by atoms with Crippen LogP contribution in [0.1, 0.15) is 17.9 Å². The number of carbonyl (C=O) groups excluding carboxylic acids is 1. The zero-order valence-corrected chi connectivity index (χ0v) is 14.0. The van der Waals surface area contributed by atoms with Gasteiger partial charge in [0.15, 0.2) is 11.5 Å². The summed E-state index contributed by atoms with van der Waals surface area (Å²) in [6, 6.07) is 15.7. The lowest BCUT2D eigenvalue weighted by Crippen LogP contribution is -2.32. The molecular weight excluding hydrogens is 304 g/mol. The molecule has 0 spiro atoms. The standard InChI is InChI=1S/C19H22N2O3/c1-23-17-10-6-9-16(18(17)24-2)20-19(22)21-12-11-15(13-21)14-7-4-3-5-8-14/h3-10,15H,11-13H2,1-2H3,(H,20,22)/t15-/m0/s1. The molecule has 1 fully saturated rings. The Labute approximate surface area is 142 Å². The van der Waals surface area contributed by atoms with Crippen molar-refractivity contribution in [1.29, 1.82) is 0 Å². The van der Waals surface area contributed by atoms with Crippen LogP contribution < -0.4 is 14.8 Å². The fourth-order valence-corrected chi connectivity index (χ4v) is 3.12. The first-order valence-electron chi connectivity index (χ1n) is 8.04. The van der Waals surface area contributed by atoms with Gasteiger partial charge in [0.1, 0.15) is 0 Å². The number of benzene rings is 2. The third-order valence-electron chi connectivity index (χ3n) is 4.39. The summed E-state index contributed by atoms with van der Waals surface area (Å²) in [5.74, 6) is 1.52. The number of likely N-dealkylation sites (tertiary alicyclic amines) is 1. The fourth-order valence-electron chi connectivity index (χ4n) is 3.12. The van der Waals surface area contributed by atoms with Crippen LogP contribution in [-0.4, -0.2) is 38.2 Å². The number of nitrogens with one attached hydrogen (secondary N) is 1. The van der Waals surface area contributed by atoms with Gasteiger partial charge in [-0.3, -0.25) is 0 Å². The van der Waals surface area contributed by atoms with Gasteiger partial charge in [-0.1, -0.05) is 36.4 Å². The Balaban J connectivity index is 1.68. The van der Waals surface area contributed by atoms with Crippen molar-refractivity contribution in [1.82, 2.24) is 4.90 Å². The van der Waals surface area contributed by atoms with Crippen LogP contribution in [0.15, 0.2) is 48.5 Å². The third-order valence-corrected chi connectivity index (χ3v) is 4.39. The SMILES string of the molecule is COc1cccc(NC(=O)N2CC[C@H](c3ccccc3)C2)c1OC. The molecule has 24 heavy (non-hydrogen) atoms. The average molecular weight is 326 g/mol. The molecule has 0 saturated carbocycles. The molecule has 0 radical (unpaired) electrons. The van der Waals surface area contributed by atoms with E-state index in [-0.39, 0.29) is 6.03 Å². The Morgan fingerprint density at radius 3 is 2.58 bits per heavy atom. The molecule has 2 aromatic rings. The van der Waals surface area contributed by atoms with Crippen molar-refractivity contribution >= 4 is 11.7 Å². The van der Waals surface area contributed by atoms with Crippen LogP contribution in [0.3, 0.4) is 0 Å². The largest absolute Gasteiger partial charge is 0.493 e. The van der Waals surface area contributed by atoms with Gasteiger partial charge in [0.05, 0.1) is 19.9 Å². The van der Waals surface area contributed by atoms with Gasteiger partial charge in [-0.15, -0.1) is 0 Å². The summed E-state index contributed by atoms with van der Waals surface area (Å²) in [5.41, 5.74) is 1.90. The minimum atomic E-state index is -0.111. The van der Waals surface area contributed by atoms with Crippen LogP contribution >= 0.6 is 0 Å². The van der Waals surface area contributed by atoms with E-state index in [4.69, 9.17) is 9.47 Å². The maximum Gasteiger partial charge on any atom is 0.321 e. The second kappa shape index (κ2) is 7.25. The maximum atomic E-state index is 12.6. The van der Waals surface area contributed by atoms with Gasteiger partial charge in [0.25, 0.3) is 0 Å². The van der Waals surface area contributed by atoms with Crippen LogP contribution in [0.25, 0.3) is 0 Å². The first-order chi connectivity index (χ1) is 11.7. The normalized spacial score (nSPS) is 16.8. The quantitative estimate of drug-likeness (QED) is 0.931. The highest BCUT2D eigenvalue weighted by atomic mass is 16.5. The van der Waals surface area contributed by atoms with Gasteiger partial charge in [-0.2, -0.15) is 0 Å². The van der Waals surface area contributed by atoms with Crippen molar-refractivity contribution in [3.8, 4) is 11.5 Å². The molecule has 1 atom stereocenters. The minimum Gasteiger partial charge on any atom is -0.493 e. The Morgan fingerprint density at radius 1 is 1.08 bits per heavy atom. The summed E-state index contributed by atoms with van der Waals surface area (Å²) in [4.78, 5) is 14.4. The summed E-state index contributed by atoms with van der Waals surface area (Å²) in [5, 5.41) is 2.93. The van der Waals surface area contributed by atoms with E-state index in [2.05, 4.69) is 17.4 Å². The molecule has 3 rings (SSSR count). The van der Waals surface area contributed by atoms with Crippen molar-refractivity contribution in [2.45, 2.75) is 12.3 Å². The molecule has 126 valence electrons. The lowest BCUT2D eigenvalue weighted by molar-refractivity contribution is 0.222. The first kappa shape index (κ1) is 16.2. The van der Waals surface area contributed by atoms with E-state index in [1.54, 1.807) is 20.3 Å². The number of urea groups is 1. The summed E-state index contributed by atoms with van der Waals surface area (Å²) in [6.45, 7) is 1.47. The van der Waals surface area contributed by atoms with Gasteiger partial charge >= 0.3 is 6.03 Å². The van der Waals surface area contributed by atoms with E-state index in [9.17, 15) is 4.79 Å². The van der Waals surface area contributed by atoms with Crippen molar-refractivity contribution in [2.24, 2.45) is 0 Å². The average Bonchev–Trinajstić information content (AvgIpc) is 3.12. The number of hydrogen-bond donors (Lipinski definition) is 1. The Kier molecular flexibility index (Phi) is 4.89. The lowest BCUT2D eigenvalue weighted by atomic mass is 9.99. The van der Waals surface area contributed by atoms with Gasteiger partial charge in [-0.05, 0) is 24.1 Å². The molecule has 1 aliphatic rings. The van der Waals surface area contributed by atoms with E-state index in [0.29, 0.717) is 23.1 Å². The second-order valence-corrected chi connectivity index (χ2v) is 5.81. The predicted octanol–water partition coefficient (Wildman–Crippen LogP) is 3.73. The first-order valence-corrected chi connectivity index (χ1v) is 8.04. The van der Waals surface area contributed by atoms with Gasteiger partial charge in [0, 0.05) is 19.0 Å². The zero-order chi connectivity index (χ0) is 16.9. The van der Waals surface area contributed by atoms with Crippen LogP contribution in [0.2, 0.25) is 0 Å². The minimum absolute atomic E-state index is 0.111. The molecule has 0 aliphatic carbocycles. The molecule has 0 bridgehead atoms.